The molecular weight excluding hydrogens is 502 g/mol. The van der Waals surface area contributed by atoms with Crippen LogP contribution in [-0.4, -0.2) is 40.9 Å². The lowest BCUT2D eigenvalue weighted by Gasteiger charge is -2.26. The van der Waals surface area contributed by atoms with E-state index in [2.05, 4.69) is 36.4 Å². The second kappa shape index (κ2) is 13.4. The third-order valence-corrected chi connectivity index (χ3v) is 6.99. The van der Waals surface area contributed by atoms with E-state index in [0.717, 1.165) is 28.7 Å². The van der Waals surface area contributed by atoms with Crippen molar-refractivity contribution < 1.29 is 23.9 Å². The van der Waals surface area contributed by atoms with Crippen molar-refractivity contribution in [3.05, 3.63) is 96.1 Å². The van der Waals surface area contributed by atoms with Gasteiger partial charge in [-0.25, -0.2) is 4.79 Å². The number of nitrogens with zero attached hydrogens (tertiary/aromatic N) is 1. The van der Waals surface area contributed by atoms with Crippen LogP contribution in [0.4, 0.5) is 0 Å². The van der Waals surface area contributed by atoms with Crippen molar-refractivity contribution in [1.29, 1.82) is 0 Å². The lowest BCUT2D eigenvalue weighted by molar-refractivity contribution is -0.157. The van der Waals surface area contributed by atoms with Crippen molar-refractivity contribution in [2.24, 2.45) is 5.92 Å². The third-order valence-electron chi connectivity index (χ3n) is 6.99. The minimum Gasteiger partial charge on any atom is -0.460 e. The summed E-state index contributed by atoms with van der Waals surface area (Å²) in [4.78, 5) is 40.8. The van der Waals surface area contributed by atoms with Gasteiger partial charge in [0.2, 0.25) is 5.91 Å². The van der Waals surface area contributed by atoms with Crippen LogP contribution in [-0.2, 0) is 36.9 Å². The van der Waals surface area contributed by atoms with Crippen molar-refractivity contribution in [2.75, 3.05) is 6.54 Å². The molecule has 0 unspecified atom stereocenters. The Kier molecular flexibility index (Phi) is 9.75. The van der Waals surface area contributed by atoms with Gasteiger partial charge in [0.15, 0.2) is 0 Å². The molecule has 3 aromatic rings. The fourth-order valence-corrected chi connectivity index (χ4v) is 5.13. The average Bonchev–Trinajstić information content (AvgIpc) is 3.43. The van der Waals surface area contributed by atoms with Gasteiger partial charge >= 0.3 is 11.9 Å². The van der Waals surface area contributed by atoms with Crippen molar-refractivity contribution in [3.63, 3.8) is 0 Å². The Bertz CT molecular complexity index is 1270. The zero-order valence-corrected chi connectivity index (χ0v) is 23.7. The first kappa shape index (κ1) is 29.1. The first-order valence-corrected chi connectivity index (χ1v) is 14.0. The first-order valence-electron chi connectivity index (χ1n) is 14.0. The maximum atomic E-state index is 13.5. The van der Waals surface area contributed by atoms with E-state index in [1.54, 1.807) is 4.90 Å². The van der Waals surface area contributed by atoms with E-state index >= 15 is 0 Å². The highest BCUT2D eigenvalue weighted by Gasteiger charge is 2.36. The molecular formula is C34H39NO5. The Morgan fingerprint density at radius 1 is 0.825 bits per heavy atom. The van der Waals surface area contributed by atoms with Crippen LogP contribution in [0.1, 0.15) is 57.6 Å². The summed E-state index contributed by atoms with van der Waals surface area (Å²) >= 11 is 0. The Balaban J connectivity index is 1.42. The molecule has 0 N–H and O–H groups in total. The average molecular weight is 542 g/mol. The van der Waals surface area contributed by atoms with Crippen LogP contribution in [0.2, 0.25) is 0 Å². The number of hydrogen-bond donors (Lipinski definition) is 0. The molecule has 40 heavy (non-hydrogen) atoms. The summed E-state index contributed by atoms with van der Waals surface area (Å²) in [6.07, 6.45) is 2.16. The number of amides is 1. The van der Waals surface area contributed by atoms with Crippen LogP contribution in [0.15, 0.2) is 84.9 Å². The van der Waals surface area contributed by atoms with E-state index in [1.807, 2.05) is 69.3 Å². The summed E-state index contributed by atoms with van der Waals surface area (Å²) in [5.41, 5.74) is 3.58. The summed E-state index contributed by atoms with van der Waals surface area (Å²) in [5, 5.41) is 0. The fourth-order valence-electron chi connectivity index (χ4n) is 5.13. The molecule has 6 heteroatoms. The predicted molar refractivity (Wildman–Crippen MR) is 155 cm³/mol. The van der Waals surface area contributed by atoms with E-state index in [4.69, 9.17) is 9.47 Å². The number of likely N-dealkylation sites (tertiary alicyclic amines) is 1. The number of esters is 2. The van der Waals surface area contributed by atoms with E-state index < -0.39 is 11.6 Å². The molecule has 0 aliphatic carbocycles. The lowest BCUT2D eigenvalue weighted by atomic mass is 9.91. The summed E-state index contributed by atoms with van der Waals surface area (Å²) < 4.78 is 11.1. The molecule has 4 rings (SSSR count). The first-order chi connectivity index (χ1) is 19.2. The molecule has 0 spiro atoms. The largest absolute Gasteiger partial charge is 0.460 e. The molecule has 6 nitrogen and oxygen atoms in total. The fraction of sp³-hybridized carbons (Fsp3) is 0.382. The molecule has 0 bridgehead atoms. The number of benzene rings is 3. The molecule has 210 valence electrons. The van der Waals surface area contributed by atoms with Crippen molar-refractivity contribution in [3.8, 4) is 11.1 Å². The molecule has 1 aliphatic rings. The number of rotatable bonds is 10. The van der Waals surface area contributed by atoms with Crippen molar-refractivity contribution in [1.82, 2.24) is 4.90 Å². The van der Waals surface area contributed by atoms with Crippen molar-refractivity contribution in [2.45, 2.75) is 71.1 Å². The zero-order valence-electron chi connectivity index (χ0n) is 23.7. The van der Waals surface area contributed by atoms with Gasteiger partial charge in [-0.3, -0.25) is 9.59 Å². The molecule has 1 saturated heterocycles. The van der Waals surface area contributed by atoms with Gasteiger partial charge in [0.25, 0.3) is 0 Å². The SMILES string of the molecule is CC(C)(C)OC(=O)C[C@H](CC(=O)N1CCC[C@H]1C(=O)OCc1ccccc1)Cc1ccc(-c2ccccc2)cc1. The number of carbonyl (C=O) groups is 3. The minimum atomic E-state index is -0.606. The Hall–Kier alpha value is -3.93. The van der Waals surface area contributed by atoms with Gasteiger partial charge in [-0.15, -0.1) is 0 Å². The van der Waals surface area contributed by atoms with Gasteiger partial charge in [-0.1, -0.05) is 84.9 Å². The molecule has 0 radical (unpaired) electrons. The highest BCUT2D eigenvalue weighted by molar-refractivity contribution is 5.85. The molecule has 1 amide bonds. The number of carbonyl (C=O) groups excluding carboxylic acids is 3. The van der Waals surface area contributed by atoms with Gasteiger partial charge in [0, 0.05) is 19.4 Å². The van der Waals surface area contributed by atoms with E-state index in [0.29, 0.717) is 19.4 Å². The van der Waals surface area contributed by atoms with Gasteiger partial charge < -0.3 is 14.4 Å². The smallest absolute Gasteiger partial charge is 0.329 e. The Morgan fingerprint density at radius 2 is 1.45 bits per heavy atom. The standard InChI is InChI=1S/C34H39NO5/c1-34(2,3)40-32(37)23-27(21-25-16-18-29(19-17-25)28-13-8-5-9-14-28)22-31(36)35-20-10-15-30(35)33(38)39-24-26-11-6-4-7-12-26/h4-9,11-14,16-19,27,30H,10,15,20-24H2,1-3H3/t27-,30-/m0/s1. The molecule has 0 aromatic heterocycles. The lowest BCUT2D eigenvalue weighted by Crippen LogP contribution is -2.42. The Labute approximate surface area is 237 Å². The summed E-state index contributed by atoms with van der Waals surface area (Å²) in [7, 11) is 0. The van der Waals surface area contributed by atoms with Crippen LogP contribution in [0.5, 0.6) is 0 Å². The van der Waals surface area contributed by atoms with E-state index in [9.17, 15) is 14.4 Å². The monoisotopic (exact) mass is 541 g/mol. The highest BCUT2D eigenvalue weighted by atomic mass is 16.6. The maximum absolute atomic E-state index is 13.5. The van der Waals surface area contributed by atoms with Crippen LogP contribution < -0.4 is 0 Å². The third kappa shape index (κ3) is 8.54. The molecule has 0 saturated carbocycles. The minimum absolute atomic E-state index is 0.125. The number of hydrogen-bond acceptors (Lipinski definition) is 5. The molecule has 1 heterocycles. The second-order valence-electron chi connectivity index (χ2n) is 11.5. The van der Waals surface area contributed by atoms with Gasteiger partial charge in [-0.2, -0.15) is 0 Å². The quantitative estimate of drug-likeness (QED) is 0.279. The molecule has 1 aliphatic heterocycles. The normalized spacial score (nSPS) is 15.9. The highest BCUT2D eigenvalue weighted by Crippen LogP contribution is 2.26. The molecule has 1 fully saturated rings. The van der Waals surface area contributed by atoms with E-state index in [-0.39, 0.29) is 43.2 Å². The summed E-state index contributed by atoms with van der Waals surface area (Å²) in [6, 6.07) is 27.3. The van der Waals surface area contributed by atoms with Gasteiger partial charge in [0.05, 0.1) is 0 Å². The predicted octanol–water partition coefficient (Wildman–Crippen LogP) is 6.37. The van der Waals surface area contributed by atoms with Gasteiger partial charge in [0.1, 0.15) is 18.2 Å². The molecule has 3 aromatic carbocycles. The number of ether oxygens (including phenoxy) is 2. The van der Waals surface area contributed by atoms with Crippen LogP contribution >= 0.6 is 0 Å². The van der Waals surface area contributed by atoms with Crippen LogP contribution in [0, 0.1) is 5.92 Å². The Morgan fingerprint density at radius 3 is 2.10 bits per heavy atom. The summed E-state index contributed by atoms with van der Waals surface area (Å²) in [5.74, 6) is -1.10. The maximum Gasteiger partial charge on any atom is 0.329 e. The van der Waals surface area contributed by atoms with Crippen LogP contribution in [0.25, 0.3) is 11.1 Å². The van der Waals surface area contributed by atoms with Crippen LogP contribution in [0.3, 0.4) is 0 Å². The zero-order chi connectivity index (χ0) is 28.5. The van der Waals surface area contributed by atoms with Crippen molar-refractivity contribution >= 4 is 17.8 Å². The van der Waals surface area contributed by atoms with Gasteiger partial charge in [-0.05, 0) is 68.2 Å². The topological polar surface area (TPSA) is 72.9 Å². The van der Waals surface area contributed by atoms with E-state index in [1.165, 1.54) is 0 Å². The summed E-state index contributed by atoms with van der Waals surface area (Å²) in [6.45, 7) is 6.20. The molecule has 2 atom stereocenters. The second-order valence-corrected chi connectivity index (χ2v) is 11.5.